The van der Waals surface area contributed by atoms with Crippen molar-refractivity contribution in [3.8, 4) is 0 Å². The van der Waals surface area contributed by atoms with Gasteiger partial charge >= 0.3 is 0 Å². The highest BCUT2D eigenvalue weighted by atomic mass is 16.3. The second-order valence-electron chi connectivity index (χ2n) is 10.2. The highest BCUT2D eigenvalue weighted by Crippen LogP contribution is 2.29. The average Bonchev–Trinajstić information content (AvgIpc) is 3.54. The Balaban J connectivity index is 1.33. The first-order valence-electron chi connectivity index (χ1n) is 13.9. The number of carbonyl (C=O) groups is 3. The van der Waals surface area contributed by atoms with E-state index in [1.54, 1.807) is 18.2 Å². The molecule has 0 saturated carbocycles. The summed E-state index contributed by atoms with van der Waals surface area (Å²) in [5.74, 6) is -0.160. The number of hydrogen-bond acceptors (Lipinski definition) is 5. The number of carbonyl (C=O) groups excluding carboxylic acids is 3. The van der Waals surface area contributed by atoms with E-state index in [0.717, 1.165) is 50.0 Å². The summed E-state index contributed by atoms with van der Waals surface area (Å²) in [5.41, 5.74) is 3.01. The van der Waals surface area contributed by atoms with Gasteiger partial charge in [0.1, 0.15) is 0 Å². The Labute approximate surface area is 229 Å². The van der Waals surface area contributed by atoms with Gasteiger partial charge < -0.3 is 24.4 Å². The van der Waals surface area contributed by atoms with Crippen LogP contribution in [-0.2, 0) is 4.79 Å². The molecule has 204 valence electrons. The maximum absolute atomic E-state index is 13.7. The largest absolute Gasteiger partial charge is 0.459 e. The Morgan fingerprint density at radius 3 is 2.26 bits per heavy atom. The molecular weight excluding hydrogens is 492 g/mol. The molecule has 0 spiro atoms. The number of benzene rings is 2. The molecule has 1 unspecified atom stereocenters. The molecule has 2 saturated heterocycles. The molecule has 2 aliphatic rings. The highest BCUT2D eigenvalue weighted by molar-refractivity contribution is 6.05. The Kier molecular flexibility index (Phi) is 8.30. The van der Waals surface area contributed by atoms with E-state index >= 15 is 0 Å². The molecule has 0 aliphatic carbocycles. The summed E-state index contributed by atoms with van der Waals surface area (Å²) in [6.07, 6.45) is 5.33. The monoisotopic (exact) mass is 528 g/mol. The molecule has 5 rings (SSSR count). The van der Waals surface area contributed by atoms with Crippen LogP contribution in [-0.4, -0.2) is 66.8 Å². The number of likely N-dealkylation sites (tertiary alicyclic amines) is 1. The van der Waals surface area contributed by atoms with Gasteiger partial charge in [-0.2, -0.15) is 0 Å². The van der Waals surface area contributed by atoms with Gasteiger partial charge in [-0.25, -0.2) is 0 Å². The van der Waals surface area contributed by atoms with Crippen molar-refractivity contribution >= 4 is 29.1 Å². The van der Waals surface area contributed by atoms with Crippen molar-refractivity contribution in [3.63, 3.8) is 0 Å². The van der Waals surface area contributed by atoms with E-state index in [1.807, 2.05) is 52.3 Å². The van der Waals surface area contributed by atoms with Crippen LogP contribution in [0, 0.1) is 0 Å². The molecule has 3 heterocycles. The standard InChI is InChI=1S/C31H36N4O4/c1-2-25(23-10-5-3-6-11-23)30(37)35-19-17-33(18-20-35)27-14-13-24(32-29(36)28-12-9-21-39-28)22-26(27)31(38)34-15-7-4-8-16-34/h3,5-6,9-14,21-22,25H,2,4,7-8,15-20H2,1H3,(H,32,36). The minimum atomic E-state index is -0.361. The van der Waals surface area contributed by atoms with E-state index < -0.39 is 0 Å². The van der Waals surface area contributed by atoms with Crippen LogP contribution in [0.15, 0.2) is 71.3 Å². The second kappa shape index (κ2) is 12.2. The van der Waals surface area contributed by atoms with Crippen molar-refractivity contribution in [2.45, 2.75) is 38.5 Å². The van der Waals surface area contributed by atoms with E-state index in [0.29, 0.717) is 37.4 Å². The molecule has 39 heavy (non-hydrogen) atoms. The lowest BCUT2D eigenvalue weighted by Crippen LogP contribution is -2.50. The van der Waals surface area contributed by atoms with Gasteiger partial charge in [0.15, 0.2) is 5.76 Å². The first-order chi connectivity index (χ1) is 19.0. The zero-order chi connectivity index (χ0) is 27.2. The van der Waals surface area contributed by atoms with Gasteiger partial charge in [0.25, 0.3) is 11.8 Å². The molecule has 1 N–H and O–H groups in total. The van der Waals surface area contributed by atoms with Crippen LogP contribution in [0.25, 0.3) is 0 Å². The third kappa shape index (κ3) is 6.00. The predicted molar refractivity (Wildman–Crippen MR) is 151 cm³/mol. The minimum Gasteiger partial charge on any atom is -0.459 e. The molecule has 1 atom stereocenters. The van der Waals surface area contributed by atoms with Crippen molar-refractivity contribution in [3.05, 3.63) is 83.8 Å². The zero-order valence-electron chi connectivity index (χ0n) is 22.5. The van der Waals surface area contributed by atoms with E-state index in [2.05, 4.69) is 17.1 Å². The van der Waals surface area contributed by atoms with Gasteiger partial charge in [-0.05, 0) is 61.6 Å². The Morgan fingerprint density at radius 1 is 0.846 bits per heavy atom. The van der Waals surface area contributed by atoms with Crippen LogP contribution in [0.2, 0.25) is 0 Å². The number of nitrogens with zero attached hydrogens (tertiary/aromatic N) is 3. The van der Waals surface area contributed by atoms with Gasteiger partial charge in [0.2, 0.25) is 5.91 Å². The second-order valence-corrected chi connectivity index (χ2v) is 10.2. The van der Waals surface area contributed by atoms with Gasteiger partial charge in [-0.1, -0.05) is 37.3 Å². The van der Waals surface area contributed by atoms with Crippen LogP contribution in [0.4, 0.5) is 11.4 Å². The first-order valence-corrected chi connectivity index (χ1v) is 13.9. The number of furan rings is 1. The quantitative estimate of drug-likeness (QED) is 0.466. The Bertz CT molecular complexity index is 1280. The van der Waals surface area contributed by atoms with Crippen molar-refractivity contribution in [2.75, 3.05) is 49.5 Å². The van der Waals surface area contributed by atoms with Crippen molar-refractivity contribution in [1.82, 2.24) is 9.80 Å². The maximum Gasteiger partial charge on any atom is 0.291 e. The number of nitrogens with one attached hydrogen (secondary N) is 1. The summed E-state index contributed by atoms with van der Waals surface area (Å²) in [5, 5.41) is 2.85. The van der Waals surface area contributed by atoms with Crippen LogP contribution in [0.1, 0.15) is 65.0 Å². The maximum atomic E-state index is 13.7. The van der Waals surface area contributed by atoms with Gasteiger partial charge in [-0.15, -0.1) is 0 Å². The topological polar surface area (TPSA) is 86.1 Å². The molecule has 2 fully saturated rings. The fourth-order valence-corrected chi connectivity index (χ4v) is 5.56. The summed E-state index contributed by atoms with van der Waals surface area (Å²) in [6.45, 7) is 5.98. The molecule has 3 aromatic rings. The summed E-state index contributed by atoms with van der Waals surface area (Å²) in [4.78, 5) is 45.7. The van der Waals surface area contributed by atoms with E-state index in [1.165, 1.54) is 6.26 Å². The van der Waals surface area contributed by atoms with E-state index in [-0.39, 0.29) is 29.4 Å². The molecule has 2 aliphatic heterocycles. The number of piperidine rings is 1. The van der Waals surface area contributed by atoms with Crippen molar-refractivity contribution in [2.24, 2.45) is 0 Å². The summed E-state index contributed by atoms with van der Waals surface area (Å²) >= 11 is 0. The predicted octanol–water partition coefficient (Wildman–Crippen LogP) is 5.00. The lowest BCUT2D eigenvalue weighted by Gasteiger charge is -2.38. The fourth-order valence-electron chi connectivity index (χ4n) is 5.56. The van der Waals surface area contributed by atoms with Crippen LogP contribution < -0.4 is 10.2 Å². The lowest BCUT2D eigenvalue weighted by molar-refractivity contribution is -0.133. The normalized spacial score (nSPS) is 16.6. The van der Waals surface area contributed by atoms with Crippen LogP contribution in [0.3, 0.4) is 0 Å². The molecule has 0 bridgehead atoms. The molecule has 3 amide bonds. The number of piperazine rings is 1. The number of anilines is 2. The zero-order valence-corrected chi connectivity index (χ0v) is 22.5. The number of hydrogen-bond donors (Lipinski definition) is 1. The molecular formula is C31H36N4O4. The third-order valence-corrected chi connectivity index (χ3v) is 7.71. The highest BCUT2D eigenvalue weighted by Gasteiger charge is 2.30. The molecule has 1 aromatic heterocycles. The summed E-state index contributed by atoms with van der Waals surface area (Å²) in [7, 11) is 0. The fraction of sp³-hybridized carbons (Fsp3) is 0.387. The number of rotatable bonds is 7. The van der Waals surface area contributed by atoms with Crippen LogP contribution in [0.5, 0.6) is 0 Å². The molecule has 8 heteroatoms. The first kappa shape index (κ1) is 26.5. The van der Waals surface area contributed by atoms with Gasteiger partial charge in [0, 0.05) is 50.6 Å². The average molecular weight is 529 g/mol. The van der Waals surface area contributed by atoms with E-state index in [9.17, 15) is 14.4 Å². The van der Waals surface area contributed by atoms with Gasteiger partial charge in [0.05, 0.1) is 17.7 Å². The molecule has 8 nitrogen and oxygen atoms in total. The molecule has 0 radical (unpaired) electrons. The minimum absolute atomic E-state index is 0.0209. The lowest BCUT2D eigenvalue weighted by atomic mass is 9.94. The smallest absolute Gasteiger partial charge is 0.291 e. The number of amides is 3. The van der Waals surface area contributed by atoms with Crippen molar-refractivity contribution in [1.29, 1.82) is 0 Å². The molecule has 2 aromatic carbocycles. The van der Waals surface area contributed by atoms with Crippen LogP contribution >= 0.6 is 0 Å². The Morgan fingerprint density at radius 2 is 1.59 bits per heavy atom. The van der Waals surface area contributed by atoms with Gasteiger partial charge in [-0.3, -0.25) is 14.4 Å². The van der Waals surface area contributed by atoms with E-state index in [4.69, 9.17) is 4.42 Å². The summed E-state index contributed by atoms with van der Waals surface area (Å²) in [6, 6.07) is 18.7. The van der Waals surface area contributed by atoms with Crippen molar-refractivity contribution < 1.29 is 18.8 Å². The summed E-state index contributed by atoms with van der Waals surface area (Å²) < 4.78 is 5.21. The third-order valence-electron chi connectivity index (χ3n) is 7.71. The SMILES string of the molecule is CCC(C(=O)N1CCN(c2ccc(NC(=O)c3ccco3)cc2C(=O)N2CCCCC2)CC1)c1ccccc1. The Hall–Kier alpha value is -4.07.